The molecule has 3 aromatic rings. The number of rotatable bonds is 3. The highest BCUT2D eigenvalue weighted by Gasteiger charge is 2.13. The van der Waals surface area contributed by atoms with Crippen LogP contribution in [0.25, 0.3) is 16.9 Å². The lowest BCUT2D eigenvalue weighted by Crippen LogP contribution is -2.12. The molecule has 19 heavy (non-hydrogen) atoms. The van der Waals surface area contributed by atoms with Gasteiger partial charge < -0.3 is 5.32 Å². The molecule has 1 N–H and O–H groups in total. The van der Waals surface area contributed by atoms with E-state index in [4.69, 9.17) is 4.98 Å². The van der Waals surface area contributed by atoms with Gasteiger partial charge in [0.1, 0.15) is 17.2 Å². The zero-order valence-corrected chi connectivity index (χ0v) is 11.2. The Labute approximate surface area is 112 Å². The monoisotopic (exact) mass is 251 g/mol. The van der Waals surface area contributed by atoms with Gasteiger partial charge in [-0.15, -0.1) is 0 Å². The predicted molar refractivity (Wildman–Crippen MR) is 79.4 cm³/mol. The van der Waals surface area contributed by atoms with Crippen LogP contribution < -0.4 is 5.32 Å². The van der Waals surface area contributed by atoms with Crippen molar-refractivity contribution in [3.05, 3.63) is 54.7 Å². The van der Waals surface area contributed by atoms with Gasteiger partial charge in [0.25, 0.3) is 0 Å². The molecule has 0 amide bonds. The molecule has 0 saturated carbocycles. The van der Waals surface area contributed by atoms with Gasteiger partial charge in [-0.3, -0.25) is 4.40 Å². The quantitative estimate of drug-likeness (QED) is 0.766. The first-order chi connectivity index (χ1) is 9.25. The molecule has 0 aliphatic heterocycles. The second-order valence-corrected chi connectivity index (χ2v) is 4.90. The number of nitrogens with one attached hydrogen (secondary N) is 1. The van der Waals surface area contributed by atoms with Gasteiger partial charge in [-0.25, -0.2) is 4.98 Å². The lowest BCUT2D eigenvalue weighted by Gasteiger charge is -2.11. The molecule has 0 unspecified atom stereocenters. The third-order valence-corrected chi connectivity index (χ3v) is 3.00. The van der Waals surface area contributed by atoms with Crippen molar-refractivity contribution in [3.63, 3.8) is 0 Å². The molecular formula is C16H17N3. The molecule has 0 spiro atoms. The summed E-state index contributed by atoms with van der Waals surface area (Å²) in [6.07, 6.45) is 2.04. The maximum atomic E-state index is 4.74. The van der Waals surface area contributed by atoms with Gasteiger partial charge >= 0.3 is 0 Å². The summed E-state index contributed by atoms with van der Waals surface area (Å²) in [7, 11) is 0. The number of hydrogen-bond donors (Lipinski definition) is 1. The average molecular weight is 251 g/mol. The number of hydrogen-bond acceptors (Lipinski definition) is 2. The maximum Gasteiger partial charge on any atom is 0.139 e. The van der Waals surface area contributed by atoms with Crippen molar-refractivity contribution in [1.82, 2.24) is 9.38 Å². The second kappa shape index (κ2) is 4.76. The largest absolute Gasteiger partial charge is 0.367 e. The van der Waals surface area contributed by atoms with Crippen LogP contribution in [-0.2, 0) is 0 Å². The average Bonchev–Trinajstić information content (AvgIpc) is 2.78. The van der Waals surface area contributed by atoms with Crippen LogP contribution in [0.1, 0.15) is 13.8 Å². The van der Waals surface area contributed by atoms with Crippen molar-refractivity contribution in [2.24, 2.45) is 0 Å². The Bertz CT molecular complexity index is 684. The molecule has 96 valence electrons. The van der Waals surface area contributed by atoms with Gasteiger partial charge in [-0.05, 0) is 26.0 Å². The maximum absolute atomic E-state index is 4.74. The Morgan fingerprint density at radius 1 is 1.00 bits per heavy atom. The number of nitrogens with zero attached hydrogens (tertiary/aromatic N) is 2. The molecule has 2 heterocycles. The van der Waals surface area contributed by atoms with Gasteiger partial charge in [0.05, 0.1) is 0 Å². The molecule has 0 fully saturated rings. The van der Waals surface area contributed by atoms with Crippen LogP contribution in [-0.4, -0.2) is 15.4 Å². The van der Waals surface area contributed by atoms with Crippen LogP contribution in [0.2, 0.25) is 0 Å². The van der Waals surface area contributed by atoms with E-state index in [0.717, 1.165) is 22.7 Å². The van der Waals surface area contributed by atoms with Gasteiger partial charge in [-0.2, -0.15) is 0 Å². The second-order valence-electron chi connectivity index (χ2n) is 4.90. The van der Waals surface area contributed by atoms with E-state index in [1.54, 1.807) is 0 Å². The van der Waals surface area contributed by atoms with Crippen LogP contribution in [0.4, 0.5) is 5.82 Å². The molecule has 3 nitrogen and oxygen atoms in total. The van der Waals surface area contributed by atoms with Crippen LogP contribution in [0, 0.1) is 0 Å². The zero-order chi connectivity index (χ0) is 13.2. The van der Waals surface area contributed by atoms with Crippen molar-refractivity contribution < 1.29 is 0 Å². The van der Waals surface area contributed by atoms with Crippen LogP contribution in [0.3, 0.4) is 0 Å². The van der Waals surface area contributed by atoms with Gasteiger partial charge in [0.2, 0.25) is 0 Å². The minimum Gasteiger partial charge on any atom is -0.367 e. The lowest BCUT2D eigenvalue weighted by atomic mass is 10.1. The van der Waals surface area contributed by atoms with E-state index in [1.165, 1.54) is 0 Å². The van der Waals surface area contributed by atoms with E-state index in [0.29, 0.717) is 6.04 Å². The highest BCUT2D eigenvalue weighted by atomic mass is 15.1. The molecule has 0 radical (unpaired) electrons. The highest BCUT2D eigenvalue weighted by Crippen LogP contribution is 2.28. The lowest BCUT2D eigenvalue weighted by molar-refractivity contribution is 0.885. The molecule has 3 rings (SSSR count). The Hall–Kier alpha value is -2.29. The standard InChI is InChI=1S/C16H17N3/c1-12(2)17-16-15(13-8-4-3-5-9-13)18-14-10-6-7-11-19(14)16/h3-12,17H,1-2H3. The molecule has 3 heteroatoms. The van der Waals surface area contributed by atoms with Crippen LogP contribution in [0.5, 0.6) is 0 Å². The van der Waals surface area contributed by atoms with Crippen molar-refractivity contribution in [2.45, 2.75) is 19.9 Å². The highest BCUT2D eigenvalue weighted by molar-refractivity contribution is 5.76. The summed E-state index contributed by atoms with van der Waals surface area (Å²) >= 11 is 0. The third kappa shape index (κ3) is 2.19. The minimum absolute atomic E-state index is 0.363. The number of benzene rings is 1. The van der Waals surface area contributed by atoms with Crippen LogP contribution in [0.15, 0.2) is 54.7 Å². The van der Waals surface area contributed by atoms with E-state index in [1.807, 2.05) is 42.6 Å². The van der Waals surface area contributed by atoms with Crippen molar-refractivity contribution >= 4 is 11.5 Å². The first-order valence-corrected chi connectivity index (χ1v) is 6.55. The molecule has 0 aliphatic rings. The predicted octanol–water partition coefficient (Wildman–Crippen LogP) is 3.82. The summed E-state index contributed by atoms with van der Waals surface area (Å²) in [5.41, 5.74) is 3.10. The zero-order valence-electron chi connectivity index (χ0n) is 11.2. The minimum atomic E-state index is 0.363. The van der Waals surface area contributed by atoms with Crippen molar-refractivity contribution in [2.75, 3.05) is 5.32 Å². The molecule has 1 aromatic carbocycles. The molecular weight excluding hydrogens is 234 g/mol. The molecule has 0 bridgehead atoms. The van der Waals surface area contributed by atoms with Crippen LogP contribution >= 0.6 is 0 Å². The summed E-state index contributed by atoms with van der Waals surface area (Å²) in [5.74, 6) is 1.05. The molecule has 0 aliphatic carbocycles. The summed E-state index contributed by atoms with van der Waals surface area (Å²) in [6, 6.07) is 16.7. The smallest absolute Gasteiger partial charge is 0.139 e. The number of aromatic nitrogens is 2. The number of imidazole rings is 1. The van der Waals surface area contributed by atoms with E-state index in [2.05, 4.69) is 35.7 Å². The number of pyridine rings is 1. The van der Waals surface area contributed by atoms with Crippen molar-refractivity contribution in [1.29, 1.82) is 0 Å². The van der Waals surface area contributed by atoms with Gasteiger partial charge in [0, 0.05) is 17.8 Å². The fourth-order valence-corrected chi connectivity index (χ4v) is 2.20. The van der Waals surface area contributed by atoms with Gasteiger partial charge in [-0.1, -0.05) is 36.4 Å². The topological polar surface area (TPSA) is 29.3 Å². The third-order valence-electron chi connectivity index (χ3n) is 3.00. The van der Waals surface area contributed by atoms with E-state index in [-0.39, 0.29) is 0 Å². The Balaban J connectivity index is 2.23. The number of fused-ring (bicyclic) bond motifs is 1. The fourth-order valence-electron chi connectivity index (χ4n) is 2.20. The van der Waals surface area contributed by atoms with Crippen molar-refractivity contribution in [3.8, 4) is 11.3 Å². The first-order valence-electron chi connectivity index (χ1n) is 6.55. The Morgan fingerprint density at radius 3 is 2.47 bits per heavy atom. The SMILES string of the molecule is CC(C)Nc1c(-c2ccccc2)nc2ccccn12. The fraction of sp³-hybridized carbons (Fsp3) is 0.188. The summed E-state index contributed by atoms with van der Waals surface area (Å²) < 4.78 is 2.10. The van der Waals surface area contributed by atoms with E-state index < -0.39 is 0 Å². The summed E-state index contributed by atoms with van der Waals surface area (Å²) in [5, 5.41) is 3.50. The first kappa shape index (κ1) is 11.8. The normalized spacial score (nSPS) is 11.1. The Morgan fingerprint density at radius 2 is 1.74 bits per heavy atom. The molecule has 0 saturated heterocycles. The Kier molecular flexibility index (Phi) is 2.95. The summed E-state index contributed by atoms with van der Waals surface area (Å²) in [4.78, 5) is 4.74. The van der Waals surface area contributed by atoms with Gasteiger partial charge in [0.15, 0.2) is 0 Å². The number of anilines is 1. The summed E-state index contributed by atoms with van der Waals surface area (Å²) in [6.45, 7) is 4.27. The van der Waals surface area contributed by atoms with E-state index in [9.17, 15) is 0 Å². The van der Waals surface area contributed by atoms with E-state index >= 15 is 0 Å². The molecule has 0 atom stereocenters. The molecule has 2 aromatic heterocycles.